The lowest BCUT2D eigenvalue weighted by atomic mass is 9.77. The third-order valence-corrected chi connectivity index (χ3v) is 3.60. The zero-order valence-corrected chi connectivity index (χ0v) is 11.0. The number of fused-ring (bicyclic) bond motifs is 1. The van der Waals surface area contributed by atoms with Gasteiger partial charge in [0.15, 0.2) is 0 Å². The Hall–Kier alpha value is -1.31. The van der Waals surface area contributed by atoms with Crippen LogP contribution >= 0.6 is 0 Å². The molecule has 1 aromatic carbocycles. The van der Waals surface area contributed by atoms with Crippen LogP contribution in [0.25, 0.3) is 0 Å². The summed E-state index contributed by atoms with van der Waals surface area (Å²) < 4.78 is 5.84. The van der Waals surface area contributed by atoms with E-state index in [4.69, 9.17) is 4.74 Å². The van der Waals surface area contributed by atoms with Crippen molar-refractivity contribution in [2.75, 3.05) is 6.61 Å². The highest BCUT2D eigenvalue weighted by molar-refractivity contribution is 5.77. The van der Waals surface area contributed by atoms with Gasteiger partial charge in [-0.2, -0.15) is 0 Å². The Balaban J connectivity index is 2.67. The maximum Gasteiger partial charge on any atom is 0.150 e. The van der Waals surface area contributed by atoms with E-state index < -0.39 is 0 Å². The SMILES string of the molecule is CC(C)c1cc(C=O)cc2c1OCCC2(C)C. The highest BCUT2D eigenvalue weighted by Gasteiger charge is 2.31. The zero-order chi connectivity index (χ0) is 12.6. The first-order valence-electron chi connectivity index (χ1n) is 6.22. The summed E-state index contributed by atoms with van der Waals surface area (Å²) >= 11 is 0. The zero-order valence-electron chi connectivity index (χ0n) is 11.0. The average molecular weight is 232 g/mol. The van der Waals surface area contributed by atoms with Crippen molar-refractivity contribution in [3.05, 3.63) is 28.8 Å². The number of carbonyl (C=O) groups is 1. The van der Waals surface area contributed by atoms with E-state index in [1.54, 1.807) is 0 Å². The summed E-state index contributed by atoms with van der Waals surface area (Å²) in [6, 6.07) is 3.94. The monoisotopic (exact) mass is 232 g/mol. The van der Waals surface area contributed by atoms with Crippen LogP contribution in [0.1, 0.15) is 61.5 Å². The van der Waals surface area contributed by atoms with Gasteiger partial charge < -0.3 is 4.74 Å². The minimum absolute atomic E-state index is 0.0935. The highest BCUT2D eigenvalue weighted by atomic mass is 16.5. The lowest BCUT2D eigenvalue weighted by Gasteiger charge is -2.34. The molecule has 17 heavy (non-hydrogen) atoms. The summed E-state index contributed by atoms with van der Waals surface area (Å²) in [7, 11) is 0. The second-order valence-corrected chi connectivity index (χ2v) is 5.74. The molecule has 92 valence electrons. The molecule has 0 radical (unpaired) electrons. The Morgan fingerprint density at radius 2 is 2.06 bits per heavy atom. The van der Waals surface area contributed by atoms with Gasteiger partial charge in [-0.15, -0.1) is 0 Å². The van der Waals surface area contributed by atoms with Gasteiger partial charge in [-0.3, -0.25) is 4.79 Å². The molecule has 2 nitrogen and oxygen atoms in total. The Morgan fingerprint density at radius 1 is 1.35 bits per heavy atom. The Labute approximate surface area is 103 Å². The fourth-order valence-corrected chi connectivity index (χ4v) is 2.38. The van der Waals surface area contributed by atoms with Crippen molar-refractivity contribution in [1.29, 1.82) is 0 Å². The van der Waals surface area contributed by atoms with E-state index in [9.17, 15) is 4.79 Å². The molecule has 0 saturated heterocycles. The van der Waals surface area contributed by atoms with Crippen molar-refractivity contribution in [2.24, 2.45) is 0 Å². The molecular weight excluding hydrogens is 212 g/mol. The molecule has 0 fully saturated rings. The molecule has 0 N–H and O–H groups in total. The van der Waals surface area contributed by atoms with Crippen LogP contribution in [-0.4, -0.2) is 12.9 Å². The molecule has 0 saturated carbocycles. The smallest absolute Gasteiger partial charge is 0.150 e. The summed E-state index contributed by atoms with van der Waals surface area (Å²) in [5.74, 6) is 1.37. The van der Waals surface area contributed by atoms with Gasteiger partial charge in [0.1, 0.15) is 12.0 Å². The van der Waals surface area contributed by atoms with Crippen molar-refractivity contribution in [3.63, 3.8) is 0 Å². The third-order valence-electron chi connectivity index (χ3n) is 3.60. The van der Waals surface area contributed by atoms with Crippen LogP contribution in [0, 0.1) is 0 Å². The maximum absolute atomic E-state index is 11.0. The Kier molecular flexibility index (Phi) is 2.98. The van der Waals surface area contributed by atoms with Crippen LogP contribution in [0.4, 0.5) is 0 Å². The van der Waals surface area contributed by atoms with Gasteiger partial charge >= 0.3 is 0 Å². The molecule has 1 aliphatic rings. The number of aldehydes is 1. The molecule has 1 aromatic rings. The number of benzene rings is 1. The van der Waals surface area contributed by atoms with E-state index in [2.05, 4.69) is 27.7 Å². The van der Waals surface area contributed by atoms with Crippen LogP contribution in [-0.2, 0) is 5.41 Å². The van der Waals surface area contributed by atoms with Crippen molar-refractivity contribution < 1.29 is 9.53 Å². The molecule has 0 atom stereocenters. The standard InChI is InChI=1S/C15H20O2/c1-10(2)12-7-11(9-16)8-13-14(12)17-6-5-15(13,3)4/h7-10H,5-6H2,1-4H3. The summed E-state index contributed by atoms with van der Waals surface area (Å²) in [5, 5.41) is 0. The summed E-state index contributed by atoms with van der Waals surface area (Å²) in [5.41, 5.74) is 3.18. The van der Waals surface area contributed by atoms with Crippen molar-refractivity contribution in [3.8, 4) is 5.75 Å². The molecule has 1 heterocycles. The Bertz CT molecular complexity index is 444. The second-order valence-electron chi connectivity index (χ2n) is 5.74. The van der Waals surface area contributed by atoms with Crippen molar-refractivity contribution >= 4 is 6.29 Å². The minimum Gasteiger partial charge on any atom is -0.493 e. The summed E-state index contributed by atoms with van der Waals surface area (Å²) in [6.45, 7) is 9.46. The van der Waals surface area contributed by atoms with E-state index in [-0.39, 0.29) is 5.41 Å². The molecule has 0 aromatic heterocycles. The van der Waals surface area contributed by atoms with E-state index in [1.165, 1.54) is 5.56 Å². The number of hydrogen-bond acceptors (Lipinski definition) is 2. The molecule has 1 aliphatic heterocycles. The van der Waals surface area contributed by atoms with E-state index in [0.717, 1.165) is 36.2 Å². The van der Waals surface area contributed by atoms with E-state index in [1.807, 2.05) is 12.1 Å². The summed E-state index contributed by atoms with van der Waals surface area (Å²) in [4.78, 5) is 11.0. The van der Waals surface area contributed by atoms with Gasteiger partial charge in [0.05, 0.1) is 6.61 Å². The van der Waals surface area contributed by atoms with Gasteiger partial charge in [0, 0.05) is 11.1 Å². The molecule has 2 rings (SSSR count). The number of hydrogen-bond donors (Lipinski definition) is 0. The van der Waals surface area contributed by atoms with Crippen LogP contribution in [0.2, 0.25) is 0 Å². The molecule has 2 heteroatoms. The molecule has 0 unspecified atom stereocenters. The first kappa shape index (κ1) is 12.2. The fourth-order valence-electron chi connectivity index (χ4n) is 2.38. The van der Waals surface area contributed by atoms with E-state index in [0.29, 0.717) is 5.92 Å². The maximum atomic E-state index is 11.0. The van der Waals surface area contributed by atoms with Crippen molar-refractivity contribution in [2.45, 2.75) is 45.4 Å². The first-order chi connectivity index (χ1) is 7.95. The lowest BCUT2D eigenvalue weighted by molar-refractivity contribution is 0.112. The quantitative estimate of drug-likeness (QED) is 0.727. The van der Waals surface area contributed by atoms with Crippen LogP contribution < -0.4 is 4.74 Å². The highest BCUT2D eigenvalue weighted by Crippen LogP contribution is 2.43. The third kappa shape index (κ3) is 2.08. The number of ether oxygens (including phenoxy) is 1. The molecule has 0 bridgehead atoms. The lowest BCUT2D eigenvalue weighted by Crippen LogP contribution is -2.27. The fraction of sp³-hybridized carbons (Fsp3) is 0.533. The molecule has 0 aliphatic carbocycles. The normalized spacial score (nSPS) is 17.5. The number of carbonyl (C=O) groups excluding carboxylic acids is 1. The van der Waals surface area contributed by atoms with Gasteiger partial charge in [-0.05, 0) is 35.4 Å². The van der Waals surface area contributed by atoms with Gasteiger partial charge in [0.2, 0.25) is 0 Å². The average Bonchev–Trinajstić information content (AvgIpc) is 2.27. The molecular formula is C15H20O2. The number of rotatable bonds is 2. The largest absolute Gasteiger partial charge is 0.493 e. The van der Waals surface area contributed by atoms with E-state index >= 15 is 0 Å². The van der Waals surface area contributed by atoms with Crippen LogP contribution in [0.15, 0.2) is 12.1 Å². The van der Waals surface area contributed by atoms with Gasteiger partial charge in [-0.25, -0.2) is 0 Å². The predicted octanol–water partition coefficient (Wildman–Crippen LogP) is 3.68. The van der Waals surface area contributed by atoms with Crippen LogP contribution in [0.5, 0.6) is 5.75 Å². The predicted molar refractivity (Wildman–Crippen MR) is 69.1 cm³/mol. The van der Waals surface area contributed by atoms with Gasteiger partial charge in [-0.1, -0.05) is 27.7 Å². The topological polar surface area (TPSA) is 26.3 Å². The van der Waals surface area contributed by atoms with Crippen molar-refractivity contribution in [1.82, 2.24) is 0 Å². The van der Waals surface area contributed by atoms with Gasteiger partial charge in [0.25, 0.3) is 0 Å². The Morgan fingerprint density at radius 3 is 2.65 bits per heavy atom. The molecule has 0 spiro atoms. The second kappa shape index (κ2) is 4.17. The summed E-state index contributed by atoms with van der Waals surface area (Å²) in [6.07, 6.45) is 1.93. The first-order valence-corrected chi connectivity index (χ1v) is 6.22. The molecule has 0 amide bonds. The van der Waals surface area contributed by atoms with Crippen LogP contribution in [0.3, 0.4) is 0 Å². The minimum atomic E-state index is 0.0935.